The number of rotatable bonds is 2. The zero-order valence-corrected chi connectivity index (χ0v) is 16.0. The number of benzene rings is 2. The van der Waals surface area contributed by atoms with E-state index in [0.29, 0.717) is 20.4 Å². The Kier molecular flexibility index (Phi) is 5.12. The monoisotopic (exact) mass is 438 g/mol. The molecule has 0 radical (unpaired) electrons. The maximum atomic E-state index is 12.4. The Hall–Kier alpha value is -1.58. The first-order valence-corrected chi connectivity index (χ1v) is 9.12. The standard InChI is InChI=1S/C17H9BrCl2N2OS/c1-2-7-22-15-13(20)8-12(19)9-14(15)24-17(22)21-16(23)10-3-5-11(18)6-4-10/h1,3-6,8-9H,7H2. The van der Waals surface area contributed by atoms with E-state index >= 15 is 0 Å². The number of halogens is 3. The molecular formula is C17H9BrCl2N2OS. The van der Waals surface area contributed by atoms with Crippen LogP contribution in [0.2, 0.25) is 10.0 Å². The Morgan fingerprint density at radius 1 is 1.29 bits per heavy atom. The molecule has 0 N–H and O–H groups in total. The second kappa shape index (κ2) is 7.12. The Morgan fingerprint density at radius 2 is 2.00 bits per heavy atom. The second-order valence-corrected chi connectivity index (χ2v) is 7.60. The third-order valence-corrected chi connectivity index (χ3v) is 5.29. The highest BCUT2D eigenvalue weighted by Gasteiger charge is 2.12. The van der Waals surface area contributed by atoms with Gasteiger partial charge in [-0.3, -0.25) is 4.79 Å². The first kappa shape index (κ1) is 17.2. The lowest BCUT2D eigenvalue weighted by Crippen LogP contribution is -2.16. The molecule has 0 bridgehead atoms. The third kappa shape index (κ3) is 3.42. The van der Waals surface area contributed by atoms with Crippen LogP contribution in [0.25, 0.3) is 10.2 Å². The second-order valence-electron chi connectivity index (χ2n) is 4.83. The topological polar surface area (TPSA) is 34.4 Å². The summed E-state index contributed by atoms with van der Waals surface area (Å²) in [5.41, 5.74) is 1.22. The predicted molar refractivity (Wildman–Crippen MR) is 103 cm³/mol. The quantitative estimate of drug-likeness (QED) is 0.508. The van der Waals surface area contributed by atoms with Gasteiger partial charge in [-0.2, -0.15) is 4.99 Å². The highest BCUT2D eigenvalue weighted by molar-refractivity contribution is 9.10. The van der Waals surface area contributed by atoms with E-state index in [-0.39, 0.29) is 12.5 Å². The lowest BCUT2D eigenvalue weighted by molar-refractivity contribution is 0.0998. The van der Waals surface area contributed by atoms with Gasteiger partial charge in [-0.1, -0.05) is 56.4 Å². The molecule has 3 rings (SSSR count). The Morgan fingerprint density at radius 3 is 2.67 bits per heavy atom. The van der Waals surface area contributed by atoms with Gasteiger partial charge in [0.05, 0.1) is 21.8 Å². The maximum absolute atomic E-state index is 12.4. The van der Waals surface area contributed by atoms with Gasteiger partial charge in [-0.25, -0.2) is 0 Å². The Bertz CT molecular complexity index is 1050. The maximum Gasteiger partial charge on any atom is 0.279 e. The minimum atomic E-state index is -0.345. The number of hydrogen-bond acceptors (Lipinski definition) is 2. The van der Waals surface area contributed by atoms with Crippen molar-refractivity contribution in [1.82, 2.24) is 4.57 Å². The van der Waals surface area contributed by atoms with Crippen molar-refractivity contribution >= 4 is 66.6 Å². The molecule has 0 aliphatic carbocycles. The summed E-state index contributed by atoms with van der Waals surface area (Å²) >= 11 is 17.0. The molecule has 7 heteroatoms. The summed E-state index contributed by atoms with van der Waals surface area (Å²) in [6.45, 7) is 0.258. The van der Waals surface area contributed by atoms with Gasteiger partial charge in [0.15, 0.2) is 4.80 Å². The number of thiazole rings is 1. The van der Waals surface area contributed by atoms with Crippen LogP contribution in [0.15, 0.2) is 45.9 Å². The molecule has 120 valence electrons. The molecule has 0 atom stereocenters. The molecule has 0 aliphatic rings. The van der Waals surface area contributed by atoms with E-state index in [1.165, 1.54) is 11.3 Å². The van der Waals surface area contributed by atoms with Gasteiger partial charge in [0.2, 0.25) is 0 Å². The van der Waals surface area contributed by atoms with Crippen LogP contribution < -0.4 is 4.80 Å². The Balaban J connectivity index is 2.19. The number of terminal acetylenes is 1. The largest absolute Gasteiger partial charge is 0.303 e. The van der Waals surface area contributed by atoms with Gasteiger partial charge in [-0.15, -0.1) is 6.42 Å². The molecule has 0 aliphatic heterocycles. The van der Waals surface area contributed by atoms with Crippen LogP contribution in [0.3, 0.4) is 0 Å². The number of carbonyl (C=O) groups excluding carboxylic acids is 1. The molecular weight excluding hydrogens is 431 g/mol. The fourth-order valence-electron chi connectivity index (χ4n) is 2.20. The fraction of sp³-hybridized carbons (Fsp3) is 0.0588. The molecule has 0 saturated carbocycles. The molecule has 0 unspecified atom stereocenters. The number of aromatic nitrogens is 1. The van der Waals surface area contributed by atoms with E-state index in [2.05, 4.69) is 26.8 Å². The van der Waals surface area contributed by atoms with E-state index in [9.17, 15) is 4.79 Å². The number of fused-ring (bicyclic) bond motifs is 1. The summed E-state index contributed by atoms with van der Waals surface area (Å²) in [6, 6.07) is 10.4. The average molecular weight is 440 g/mol. The zero-order chi connectivity index (χ0) is 17.3. The van der Waals surface area contributed by atoms with Crippen molar-refractivity contribution in [3.8, 4) is 12.3 Å². The summed E-state index contributed by atoms with van der Waals surface area (Å²) in [7, 11) is 0. The SMILES string of the molecule is C#CCn1c(=NC(=O)c2ccc(Br)cc2)sc2cc(Cl)cc(Cl)c21. The van der Waals surface area contributed by atoms with Gasteiger partial charge in [-0.05, 0) is 36.4 Å². The summed E-state index contributed by atoms with van der Waals surface area (Å²) in [5.74, 6) is 2.22. The van der Waals surface area contributed by atoms with Crippen molar-refractivity contribution in [2.24, 2.45) is 4.99 Å². The van der Waals surface area contributed by atoms with Crippen LogP contribution in [0.5, 0.6) is 0 Å². The van der Waals surface area contributed by atoms with E-state index in [1.807, 2.05) is 0 Å². The number of amides is 1. The van der Waals surface area contributed by atoms with Crippen molar-refractivity contribution < 1.29 is 4.79 Å². The van der Waals surface area contributed by atoms with Crippen molar-refractivity contribution in [2.45, 2.75) is 6.54 Å². The van der Waals surface area contributed by atoms with Crippen LogP contribution in [0.1, 0.15) is 10.4 Å². The molecule has 3 aromatic rings. The Labute approximate surface area is 160 Å². The summed E-state index contributed by atoms with van der Waals surface area (Å²) in [4.78, 5) is 17.1. The van der Waals surface area contributed by atoms with Crippen LogP contribution in [-0.2, 0) is 6.54 Å². The molecule has 0 spiro atoms. The van der Waals surface area contributed by atoms with Gasteiger partial charge < -0.3 is 4.57 Å². The lowest BCUT2D eigenvalue weighted by Gasteiger charge is -2.02. The van der Waals surface area contributed by atoms with E-state index < -0.39 is 0 Å². The molecule has 2 aromatic carbocycles. The average Bonchev–Trinajstić information content (AvgIpc) is 2.85. The van der Waals surface area contributed by atoms with Gasteiger partial charge in [0.25, 0.3) is 5.91 Å². The summed E-state index contributed by atoms with van der Waals surface area (Å²) < 4.78 is 3.46. The molecule has 0 saturated heterocycles. The molecule has 1 amide bonds. The number of nitrogens with zero attached hydrogens (tertiary/aromatic N) is 2. The number of hydrogen-bond donors (Lipinski definition) is 0. The van der Waals surface area contributed by atoms with Crippen LogP contribution in [0, 0.1) is 12.3 Å². The zero-order valence-electron chi connectivity index (χ0n) is 12.1. The molecule has 0 fully saturated rings. The summed E-state index contributed by atoms with van der Waals surface area (Å²) in [5, 5.41) is 0.994. The highest BCUT2D eigenvalue weighted by atomic mass is 79.9. The molecule has 24 heavy (non-hydrogen) atoms. The van der Waals surface area contributed by atoms with E-state index in [4.69, 9.17) is 29.6 Å². The van der Waals surface area contributed by atoms with Crippen LogP contribution >= 0.6 is 50.5 Å². The van der Waals surface area contributed by atoms with Crippen molar-refractivity contribution in [1.29, 1.82) is 0 Å². The fourth-order valence-corrected chi connectivity index (χ4v) is 4.27. The first-order valence-electron chi connectivity index (χ1n) is 6.76. The lowest BCUT2D eigenvalue weighted by atomic mass is 10.2. The first-order chi connectivity index (χ1) is 11.5. The summed E-state index contributed by atoms with van der Waals surface area (Å²) in [6.07, 6.45) is 5.45. The van der Waals surface area contributed by atoms with Crippen molar-refractivity contribution in [3.05, 3.63) is 61.3 Å². The van der Waals surface area contributed by atoms with Crippen LogP contribution in [0.4, 0.5) is 0 Å². The van der Waals surface area contributed by atoms with Crippen LogP contribution in [-0.4, -0.2) is 10.5 Å². The minimum absolute atomic E-state index is 0.258. The normalized spacial score (nSPS) is 11.7. The van der Waals surface area contributed by atoms with Gasteiger partial charge in [0, 0.05) is 15.1 Å². The highest BCUT2D eigenvalue weighted by Crippen LogP contribution is 2.29. The third-order valence-electron chi connectivity index (χ3n) is 3.23. The van der Waals surface area contributed by atoms with E-state index in [1.54, 1.807) is 41.0 Å². The van der Waals surface area contributed by atoms with Gasteiger partial charge in [0.1, 0.15) is 0 Å². The predicted octanol–water partition coefficient (Wildman–Crippen LogP) is 5.15. The van der Waals surface area contributed by atoms with E-state index in [0.717, 1.165) is 14.7 Å². The smallest absolute Gasteiger partial charge is 0.279 e. The number of carbonyl (C=O) groups is 1. The van der Waals surface area contributed by atoms with Gasteiger partial charge >= 0.3 is 0 Å². The molecule has 1 aromatic heterocycles. The minimum Gasteiger partial charge on any atom is -0.303 e. The molecule has 3 nitrogen and oxygen atoms in total. The van der Waals surface area contributed by atoms with Crippen molar-refractivity contribution in [3.63, 3.8) is 0 Å². The molecule has 1 heterocycles. The van der Waals surface area contributed by atoms with Crippen molar-refractivity contribution in [2.75, 3.05) is 0 Å².